The molecule has 1 heteroatoms. The van der Waals surface area contributed by atoms with Crippen LogP contribution in [-0.4, -0.2) is 0 Å². The quantitative estimate of drug-likeness (QED) is 0.226. The molecule has 0 fully saturated rings. The maximum Gasteiger partial charge on any atom is 2.00 e. The molecule has 2 rings (SSSR count). The van der Waals surface area contributed by atoms with Crippen LogP contribution in [0.3, 0.4) is 0 Å². The van der Waals surface area contributed by atoms with Gasteiger partial charge in [0.05, 0.1) is 0 Å². The van der Waals surface area contributed by atoms with Crippen LogP contribution in [0.25, 0.3) is 0 Å². The Kier molecular flexibility index (Phi) is 17.5. The van der Waals surface area contributed by atoms with Crippen LogP contribution in [0.2, 0.25) is 0 Å². The largest absolute Gasteiger partial charge is 2.00 e. The maximum absolute atomic E-state index is 3.40. The first-order valence-electron chi connectivity index (χ1n) is 11.3. The summed E-state index contributed by atoms with van der Waals surface area (Å²) in [6, 6.07) is 0. The Morgan fingerprint density at radius 2 is 1.15 bits per heavy atom. The van der Waals surface area contributed by atoms with Gasteiger partial charge in [-0.25, -0.2) is 23.3 Å². The number of rotatable bonds is 12. The van der Waals surface area contributed by atoms with Crippen molar-refractivity contribution < 1.29 is 21.7 Å². The van der Waals surface area contributed by atoms with Crippen LogP contribution < -0.4 is 0 Å². The van der Waals surface area contributed by atoms with E-state index >= 15 is 0 Å². The second kappa shape index (κ2) is 17.8. The monoisotopic (exact) mass is 402 g/mol. The fraction of sp³-hybridized carbons (Fsp3) is 0.692. The number of hydrogen-bond donors (Lipinski definition) is 0. The van der Waals surface area contributed by atoms with Crippen molar-refractivity contribution in [3.63, 3.8) is 0 Å². The Hall–Kier alpha value is -0.326. The van der Waals surface area contributed by atoms with Crippen molar-refractivity contribution in [1.82, 2.24) is 0 Å². The zero-order valence-electron chi connectivity index (χ0n) is 18.4. The van der Waals surface area contributed by atoms with Crippen LogP contribution in [0, 0.1) is 24.0 Å². The van der Waals surface area contributed by atoms with Crippen LogP contribution in [0.1, 0.15) is 105 Å². The van der Waals surface area contributed by atoms with E-state index in [2.05, 4.69) is 64.2 Å². The number of hydrogen-bond acceptors (Lipinski definition) is 0. The molecule has 2 aliphatic carbocycles. The SMILES string of the molecule is CCCCC(CC)CC1=[C-]CC=C1.CCCCC(CC)CC1=[C-]CC=C1.[Ti+2]. The van der Waals surface area contributed by atoms with Crippen molar-refractivity contribution in [2.75, 3.05) is 0 Å². The summed E-state index contributed by atoms with van der Waals surface area (Å²) < 4.78 is 0. The molecule has 0 aromatic rings. The summed E-state index contributed by atoms with van der Waals surface area (Å²) in [5, 5.41) is 0. The molecule has 0 saturated heterocycles. The van der Waals surface area contributed by atoms with Gasteiger partial charge in [0.25, 0.3) is 0 Å². The van der Waals surface area contributed by atoms with E-state index in [1.807, 2.05) is 0 Å². The van der Waals surface area contributed by atoms with Gasteiger partial charge in [-0.2, -0.15) is 12.2 Å². The van der Waals surface area contributed by atoms with E-state index in [1.54, 1.807) is 0 Å². The molecule has 0 bridgehead atoms. The third kappa shape index (κ3) is 12.7. The molecule has 0 nitrogen and oxygen atoms in total. The normalized spacial score (nSPS) is 16.9. The first-order valence-corrected chi connectivity index (χ1v) is 11.3. The van der Waals surface area contributed by atoms with E-state index in [4.69, 9.17) is 0 Å². The molecule has 150 valence electrons. The Balaban J connectivity index is 0.000000483. The van der Waals surface area contributed by atoms with E-state index < -0.39 is 0 Å². The smallest absolute Gasteiger partial charge is 0.269 e. The summed E-state index contributed by atoms with van der Waals surface area (Å²) in [5.41, 5.74) is 2.89. The van der Waals surface area contributed by atoms with Gasteiger partial charge in [0.15, 0.2) is 0 Å². The number of allylic oxidation sites excluding steroid dienone is 8. The maximum atomic E-state index is 3.40. The van der Waals surface area contributed by atoms with Crippen LogP contribution in [0.4, 0.5) is 0 Å². The van der Waals surface area contributed by atoms with Crippen LogP contribution >= 0.6 is 0 Å². The molecule has 0 aliphatic heterocycles. The summed E-state index contributed by atoms with van der Waals surface area (Å²) in [6.07, 6.45) is 31.2. The third-order valence-electron chi connectivity index (χ3n) is 5.64. The molecule has 2 atom stereocenters. The van der Waals surface area contributed by atoms with Gasteiger partial charge in [-0.15, -0.1) is 12.8 Å². The fourth-order valence-electron chi connectivity index (χ4n) is 3.69. The summed E-state index contributed by atoms with van der Waals surface area (Å²) in [7, 11) is 0. The van der Waals surface area contributed by atoms with Crippen LogP contribution in [-0.2, 0) is 21.7 Å². The second-order valence-corrected chi connectivity index (χ2v) is 7.86. The Labute approximate surface area is 185 Å². The molecular formula is C26H42Ti. The molecule has 2 aliphatic rings. The summed E-state index contributed by atoms with van der Waals surface area (Å²) in [6.45, 7) is 9.15. The molecule has 0 heterocycles. The van der Waals surface area contributed by atoms with Gasteiger partial charge in [-0.1, -0.05) is 91.9 Å². The first-order chi connectivity index (χ1) is 12.7. The first kappa shape index (κ1) is 26.7. The van der Waals surface area contributed by atoms with Crippen molar-refractivity contribution >= 4 is 0 Å². The molecule has 2 unspecified atom stereocenters. The minimum atomic E-state index is 0. The van der Waals surface area contributed by atoms with Crippen molar-refractivity contribution in [2.24, 2.45) is 11.8 Å². The average Bonchev–Trinajstić information content (AvgIpc) is 3.36. The van der Waals surface area contributed by atoms with Gasteiger partial charge in [0, 0.05) is 0 Å². The van der Waals surface area contributed by atoms with E-state index in [0.29, 0.717) is 0 Å². The van der Waals surface area contributed by atoms with Crippen molar-refractivity contribution in [3.8, 4) is 0 Å². The van der Waals surface area contributed by atoms with Crippen molar-refractivity contribution in [1.29, 1.82) is 0 Å². The predicted molar refractivity (Wildman–Crippen MR) is 117 cm³/mol. The van der Waals surface area contributed by atoms with Crippen molar-refractivity contribution in [2.45, 2.75) is 105 Å². The zero-order chi connectivity index (χ0) is 19.0. The Bertz CT molecular complexity index is 423. The van der Waals surface area contributed by atoms with E-state index in [-0.39, 0.29) is 21.7 Å². The molecule has 0 spiro atoms. The third-order valence-corrected chi connectivity index (χ3v) is 5.64. The number of unbranched alkanes of at least 4 members (excludes halogenated alkanes) is 2. The van der Waals surface area contributed by atoms with Gasteiger partial charge < -0.3 is 0 Å². The van der Waals surface area contributed by atoms with Gasteiger partial charge >= 0.3 is 21.7 Å². The molecule has 0 N–H and O–H groups in total. The molecule has 0 saturated carbocycles. The second-order valence-electron chi connectivity index (χ2n) is 7.86. The average molecular weight is 402 g/mol. The van der Waals surface area contributed by atoms with E-state index in [1.165, 1.54) is 75.4 Å². The summed E-state index contributed by atoms with van der Waals surface area (Å²) in [5.74, 6) is 1.79. The van der Waals surface area contributed by atoms with Crippen molar-refractivity contribution in [3.05, 3.63) is 47.6 Å². The minimum Gasteiger partial charge on any atom is -0.269 e. The van der Waals surface area contributed by atoms with E-state index in [9.17, 15) is 0 Å². The molecule has 0 aromatic heterocycles. The van der Waals surface area contributed by atoms with Gasteiger partial charge in [0.2, 0.25) is 0 Å². The fourth-order valence-corrected chi connectivity index (χ4v) is 3.69. The van der Waals surface area contributed by atoms with Gasteiger partial charge in [0.1, 0.15) is 0 Å². The summed E-state index contributed by atoms with van der Waals surface area (Å²) >= 11 is 0. The zero-order valence-corrected chi connectivity index (χ0v) is 20.0. The Morgan fingerprint density at radius 1 is 0.741 bits per heavy atom. The standard InChI is InChI=1S/2C13H21.Ti/c2*1-3-5-8-12(4-2)11-13-9-6-7-10-13;/h2*6,9,12H,3-5,7-8,11H2,1-2H3;/q2*-1;+2. The van der Waals surface area contributed by atoms with E-state index in [0.717, 1.165) is 24.7 Å². The van der Waals surface area contributed by atoms with Gasteiger partial charge in [-0.3, -0.25) is 12.2 Å². The molecule has 0 aromatic carbocycles. The van der Waals surface area contributed by atoms with Gasteiger partial charge in [-0.05, 0) is 11.8 Å². The molecule has 27 heavy (non-hydrogen) atoms. The molecular weight excluding hydrogens is 360 g/mol. The van der Waals surface area contributed by atoms with Crippen LogP contribution in [0.15, 0.2) is 35.5 Å². The summed E-state index contributed by atoms with van der Waals surface area (Å²) in [4.78, 5) is 0. The molecule has 0 radical (unpaired) electrons. The predicted octanol–water partition coefficient (Wildman–Crippen LogP) is 8.56. The minimum absolute atomic E-state index is 0. The molecule has 0 amide bonds. The Morgan fingerprint density at radius 3 is 1.41 bits per heavy atom. The topological polar surface area (TPSA) is 0 Å². The van der Waals surface area contributed by atoms with Crippen LogP contribution in [0.5, 0.6) is 0 Å².